The predicted octanol–water partition coefficient (Wildman–Crippen LogP) is 6.79. The van der Waals surface area contributed by atoms with Gasteiger partial charge in [0.2, 0.25) is 17.7 Å². The highest BCUT2D eigenvalue weighted by Crippen LogP contribution is 2.29. The Morgan fingerprint density at radius 1 is 0.574 bits per heavy atom. The summed E-state index contributed by atoms with van der Waals surface area (Å²) < 4.78 is 0. The summed E-state index contributed by atoms with van der Waals surface area (Å²) in [7, 11) is 0. The van der Waals surface area contributed by atoms with Gasteiger partial charge in [-0.15, -0.1) is 0 Å². The van der Waals surface area contributed by atoms with E-state index in [-0.39, 0.29) is 37.3 Å². The highest BCUT2D eigenvalue weighted by Gasteiger charge is 2.30. The Morgan fingerprint density at radius 2 is 1.06 bits per heavy atom. The molecule has 1 aliphatic rings. The molecular formula is C40H73N3O11. The lowest BCUT2D eigenvalue weighted by molar-refractivity contribution is -0.314. The Hall–Kier alpha value is -2.81. The molecule has 14 nitrogen and oxygen atoms in total. The molecule has 0 aromatic carbocycles. The van der Waals surface area contributed by atoms with E-state index in [4.69, 9.17) is 24.7 Å². The van der Waals surface area contributed by atoms with E-state index in [2.05, 4.69) is 16.0 Å². The van der Waals surface area contributed by atoms with Crippen molar-refractivity contribution < 1.29 is 53.7 Å². The van der Waals surface area contributed by atoms with Gasteiger partial charge in [-0.2, -0.15) is 0 Å². The van der Waals surface area contributed by atoms with Gasteiger partial charge in [-0.3, -0.25) is 19.2 Å². The third-order valence-electron chi connectivity index (χ3n) is 9.77. The first kappa shape index (κ1) is 49.2. The quantitative estimate of drug-likeness (QED) is 0.0253. The number of unbranched alkanes of at least 4 members (excludes halogenated alkanes) is 15. The average molecular weight is 772 g/mol. The lowest BCUT2D eigenvalue weighted by Crippen LogP contribution is -2.47. The highest BCUT2D eigenvalue weighted by molar-refractivity contribution is 5.89. The molecule has 3 amide bonds. The van der Waals surface area contributed by atoms with Crippen LogP contribution in [-0.2, 0) is 43.5 Å². The normalized spacial score (nSPS) is 16.1. The van der Waals surface area contributed by atoms with Gasteiger partial charge in [0.15, 0.2) is 0 Å². The van der Waals surface area contributed by atoms with Crippen molar-refractivity contribution in [2.75, 3.05) is 39.5 Å². The smallest absolute Gasteiger partial charge is 0.326 e. The molecule has 0 radical (unpaired) electrons. The molecule has 1 unspecified atom stereocenters. The van der Waals surface area contributed by atoms with Gasteiger partial charge < -0.3 is 26.2 Å². The molecule has 0 aromatic heterocycles. The van der Waals surface area contributed by atoms with E-state index in [1.54, 1.807) is 0 Å². The Kier molecular flexibility index (Phi) is 31.6. The second kappa shape index (κ2) is 34.7. The maximum absolute atomic E-state index is 12.8. The lowest BCUT2D eigenvalue weighted by atomic mass is 9.81. The van der Waals surface area contributed by atoms with E-state index in [0.717, 1.165) is 57.8 Å². The average Bonchev–Trinajstić information content (AvgIpc) is 3.15. The van der Waals surface area contributed by atoms with Crippen LogP contribution < -0.4 is 16.0 Å². The van der Waals surface area contributed by atoms with Crippen LogP contribution in [0.25, 0.3) is 0 Å². The van der Waals surface area contributed by atoms with E-state index < -0.39 is 23.9 Å². The highest BCUT2D eigenvalue weighted by atomic mass is 17.2. The third-order valence-corrected chi connectivity index (χ3v) is 9.77. The topological polar surface area (TPSA) is 199 Å². The van der Waals surface area contributed by atoms with Crippen LogP contribution in [0, 0.1) is 11.8 Å². The zero-order chi connectivity index (χ0) is 39.5. The van der Waals surface area contributed by atoms with Gasteiger partial charge in [-0.25, -0.2) is 24.3 Å². The van der Waals surface area contributed by atoms with Gasteiger partial charge >= 0.3 is 11.9 Å². The van der Waals surface area contributed by atoms with Crippen molar-refractivity contribution in [3.05, 3.63) is 0 Å². The molecule has 1 rings (SSSR count). The van der Waals surface area contributed by atoms with E-state index in [1.165, 1.54) is 64.2 Å². The Labute approximate surface area is 323 Å². The first-order valence-electron chi connectivity index (χ1n) is 21.0. The van der Waals surface area contributed by atoms with Gasteiger partial charge in [0.05, 0.1) is 32.8 Å². The number of amides is 3. The summed E-state index contributed by atoms with van der Waals surface area (Å²) >= 11 is 0. The molecule has 0 spiro atoms. The maximum Gasteiger partial charge on any atom is 0.326 e. The van der Waals surface area contributed by atoms with E-state index in [9.17, 15) is 29.1 Å². The van der Waals surface area contributed by atoms with Crippen LogP contribution in [0.3, 0.4) is 0 Å². The molecule has 0 aliphatic heterocycles. The summed E-state index contributed by atoms with van der Waals surface area (Å²) in [6, 6.07) is -1.32. The minimum atomic E-state index is -1.32. The Bertz CT molecular complexity index is 992. The van der Waals surface area contributed by atoms with Gasteiger partial charge in [-0.05, 0) is 50.9 Å². The van der Waals surface area contributed by atoms with Gasteiger partial charge in [-0.1, -0.05) is 96.8 Å². The van der Waals surface area contributed by atoms with Gasteiger partial charge in [0.1, 0.15) is 6.04 Å². The molecule has 54 heavy (non-hydrogen) atoms. The summed E-state index contributed by atoms with van der Waals surface area (Å²) in [4.78, 5) is 79.5. The monoisotopic (exact) mass is 772 g/mol. The third kappa shape index (κ3) is 29.5. The zero-order valence-corrected chi connectivity index (χ0v) is 33.2. The van der Waals surface area contributed by atoms with Crippen molar-refractivity contribution in [1.82, 2.24) is 16.0 Å². The van der Waals surface area contributed by atoms with Crippen molar-refractivity contribution in [2.45, 2.75) is 173 Å². The number of carboxylic acids is 2. The number of carboxylic acid groups (broad SMARTS) is 2. The molecule has 1 atom stereocenters. The van der Waals surface area contributed by atoms with E-state index in [0.29, 0.717) is 64.4 Å². The maximum atomic E-state index is 12.8. The largest absolute Gasteiger partial charge is 0.481 e. The molecule has 0 aromatic rings. The van der Waals surface area contributed by atoms with Crippen LogP contribution in [0.5, 0.6) is 0 Å². The van der Waals surface area contributed by atoms with Crippen molar-refractivity contribution in [3.63, 3.8) is 0 Å². The fourth-order valence-corrected chi connectivity index (χ4v) is 6.49. The SMILES string of the molecule is CCCOOCCCOOCCNC(=O)CC(NC(=O)C1CCC(CNC(=O)CCCCCCCCCCCCCCCCCCC(=O)O)CC1)C(=O)O. The molecular weight excluding hydrogens is 698 g/mol. The zero-order valence-electron chi connectivity index (χ0n) is 33.2. The number of rotatable bonds is 37. The van der Waals surface area contributed by atoms with Crippen LogP contribution >= 0.6 is 0 Å². The van der Waals surface area contributed by atoms with Gasteiger partial charge in [0.25, 0.3) is 0 Å². The lowest BCUT2D eigenvalue weighted by Gasteiger charge is -2.28. The molecule has 314 valence electrons. The predicted molar refractivity (Wildman–Crippen MR) is 205 cm³/mol. The summed E-state index contributed by atoms with van der Waals surface area (Å²) in [5, 5.41) is 26.4. The number of carbonyl (C=O) groups excluding carboxylic acids is 3. The summed E-state index contributed by atoms with van der Waals surface area (Å²) in [6.07, 6.45) is 23.5. The first-order chi connectivity index (χ1) is 26.2. The molecule has 5 N–H and O–H groups in total. The number of nitrogens with one attached hydrogen (secondary N) is 3. The van der Waals surface area contributed by atoms with Crippen molar-refractivity contribution in [3.8, 4) is 0 Å². The van der Waals surface area contributed by atoms with Crippen LogP contribution in [0.2, 0.25) is 0 Å². The van der Waals surface area contributed by atoms with E-state index >= 15 is 0 Å². The fraction of sp³-hybridized carbons (Fsp3) is 0.875. The molecule has 1 saturated carbocycles. The van der Waals surface area contributed by atoms with E-state index in [1.807, 2.05) is 6.92 Å². The Balaban J connectivity index is 2.00. The van der Waals surface area contributed by atoms with Crippen molar-refractivity contribution >= 4 is 29.7 Å². The molecule has 14 heteroatoms. The minimum absolute atomic E-state index is 0.0773. The molecule has 0 saturated heterocycles. The van der Waals surface area contributed by atoms with Crippen LogP contribution in [0.15, 0.2) is 0 Å². The Morgan fingerprint density at radius 3 is 1.56 bits per heavy atom. The van der Waals surface area contributed by atoms with Crippen LogP contribution in [0.1, 0.15) is 167 Å². The number of hydrogen-bond donors (Lipinski definition) is 5. The molecule has 0 bridgehead atoms. The summed E-state index contributed by atoms with van der Waals surface area (Å²) in [5.41, 5.74) is 0. The molecule has 0 heterocycles. The van der Waals surface area contributed by atoms with Crippen molar-refractivity contribution in [2.24, 2.45) is 11.8 Å². The second-order valence-corrected chi connectivity index (χ2v) is 14.7. The molecule has 1 fully saturated rings. The second-order valence-electron chi connectivity index (χ2n) is 14.7. The minimum Gasteiger partial charge on any atom is -0.481 e. The summed E-state index contributed by atoms with van der Waals surface area (Å²) in [6.45, 7) is 3.97. The fourth-order valence-electron chi connectivity index (χ4n) is 6.49. The number of carbonyl (C=O) groups is 5. The number of aliphatic carboxylic acids is 2. The first-order valence-corrected chi connectivity index (χ1v) is 21.0. The summed E-state index contributed by atoms with van der Waals surface area (Å²) in [5.74, 6) is -2.78. The molecule has 1 aliphatic carbocycles. The number of hydrogen-bond acceptors (Lipinski definition) is 9. The van der Waals surface area contributed by atoms with Crippen LogP contribution in [0.4, 0.5) is 0 Å². The van der Waals surface area contributed by atoms with Gasteiger partial charge in [0, 0.05) is 38.3 Å². The van der Waals surface area contributed by atoms with Crippen LogP contribution in [-0.4, -0.2) is 85.4 Å². The standard InChI is InChI=1S/C40H73N3O11/c1-2-27-51-52-28-19-29-53-54-30-26-41-37(45)31-35(40(49)50)43-39(48)34-24-22-33(23-25-34)32-42-36(44)20-17-15-13-11-9-7-5-3-4-6-8-10-12-14-16-18-21-38(46)47/h33-35H,2-32H2,1H3,(H,41,45)(H,42,44)(H,43,48)(H,46,47)(H,49,50). The van der Waals surface area contributed by atoms with Crippen molar-refractivity contribution in [1.29, 1.82) is 0 Å².